The van der Waals surface area contributed by atoms with Crippen LogP contribution in [0, 0.1) is 0 Å². The van der Waals surface area contributed by atoms with Crippen molar-refractivity contribution in [3.63, 3.8) is 0 Å². The van der Waals surface area contributed by atoms with Gasteiger partial charge in [-0.1, -0.05) is 24.0 Å². The van der Waals surface area contributed by atoms with Crippen LogP contribution in [0.4, 0.5) is 5.00 Å². The summed E-state index contributed by atoms with van der Waals surface area (Å²) in [5.74, 6) is 0.377. The van der Waals surface area contributed by atoms with E-state index < -0.39 is 5.97 Å². The molecule has 1 aromatic carbocycles. The van der Waals surface area contributed by atoms with Crippen LogP contribution in [0.1, 0.15) is 52.5 Å². The highest BCUT2D eigenvalue weighted by Crippen LogP contribution is 2.41. The number of thiocarbonyl (C=S) groups is 1. The molecule has 0 spiro atoms. The highest BCUT2D eigenvalue weighted by atomic mass is 32.2. The lowest BCUT2D eigenvalue weighted by atomic mass is 9.95. The van der Waals surface area contributed by atoms with Crippen molar-refractivity contribution in [1.82, 2.24) is 4.90 Å². The van der Waals surface area contributed by atoms with E-state index in [0.29, 0.717) is 42.6 Å². The van der Waals surface area contributed by atoms with E-state index >= 15 is 0 Å². The Hall–Kier alpha value is -3.09. The van der Waals surface area contributed by atoms with Gasteiger partial charge in [-0.3, -0.25) is 14.5 Å². The van der Waals surface area contributed by atoms with Crippen LogP contribution in [0.15, 0.2) is 17.0 Å². The summed E-state index contributed by atoms with van der Waals surface area (Å²) < 4.78 is 21.8. The SMILES string of the molecule is CCOC(=O)c1c(NC(=O)CCN2C(=O)/C(=C\c3cc(OC)c(OC)c(OC)c3)SC2=S)sc2c1CCCC2. The third-order valence-corrected chi connectivity index (χ3v) is 8.91. The topological polar surface area (TPSA) is 103 Å². The summed E-state index contributed by atoms with van der Waals surface area (Å²) in [6.07, 6.45) is 5.46. The summed E-state index contributed by atoms with van der Waals surface area (Å²) in [5.41, 5.74) is 2.12. The number of carbonyl (C=O) groups excluding carboxylic acids is 3. The number of nitrogens with zero attached hydrogens (tertiary/aromatic N) is 1. The lowest BCUT2D eigenvalue weighted by Gasteiger charge is -2.14. The summed E-state index contributed by atoms with van der Waals surface area (Å²) >= 11 is 8.04. The van der Waals surface area contributed by atoms with Gasteiger partial charge >= 0.3 is 5.97 Å². The number of thiophene rings is 1. The standard InChI is InChI=1S/C27H30N2O7S3/c1-5-36-26(32)22-16-8-6-7-9-19(16)38-24(22)28-21(30)10-11-29-25(31)20(39-27(29)37)14-15-12-17(33-2)23(35-4)18(13-15)34-3/h12-14H,5-11H2,1-4H3,(H,28,30)/b20-14+. The van der Waals surface area contributed by atoms with Gasteiger partial charge in [0.2, 0.25) is 11.7 Å². The Labute approximate surface area is 240 Å². The molecule has 1 fully saturated rings. The number of amides is 2. The van der Waals surface area contributed by atoms with Crippen LogP contribution in [-0.2, 0) is 27.2 Å². The van der Waals surface area contributed by atoms with Crippen LogP contribution >= 0.6 is 35.3 Å². The normalized spacial score (nSPS) is 15.8. The fourth-order valence-electron chi connectivity index (χ4n) is 4.50. The summed E-state index contributed by atoms with van der Waals surface area (Å²) in [7, 11) is 4.56. The number of carbonyl (C=O) groups is 3. The highest BCUT2D eigenvalue weighted by Gasteiger charge is 2.33. The molecule has 208 valence electrons. The minimum atomic E-state index is -0.416. The third-order valence-electron chi connectivity index (χ3n) is 6.32. The molecule has 0 atom stereocenters. The molecule has 0 unspecified atom stereocenters. The van der Waals surface area contributed by atoms with Gasteiger partial charge in [-0.2, -0.15) is 0 Å². The molecule has 1 N–H and O–H groups in total. The Kier molecular flexibility index (Phi) is 9.52. The van der Waals surface area contributed by atoms with Crippen molar-refractivity contribution in [1.29, 1.82) is 0 Å². The van der Waals surface area contributed by atoms with Crippen molar-refractivity contribution in [3.8, 4) is 17.2 Å². The smallest absolute Gasteiger partial charge is 0.341 e. The van der Waals surface area contributed by atoms with Crippen molar-refractivity contribution in [2.24, 2.45) is 0 Å². The number of methoxy groups -OCH3 is 3. The minimum absolute atomic E-state index is 0.0226. The van der Waals surface area contributed by atoms with Crippen LogP contribution in [-0.4, -0.2) is 61.5 Å². The molecule has 4 rings (SSSR count). The van der Waals surface area contributed by atoms with Crippen LogP contribution < -0.4 is 19.5 Å². The zero-order valence-electron chi connectivity index (χ0n) is 22.2. The van der Waals surface area contributed by atoms with E-state index in [9.17, 15) is 14.4 Å². The van der Waals surface area contributed by atoms with E-state index in [1.165, 1.54) is 37.6 Å². The number of thioether (sulfide) groups is 1. The van der Waals surface area contributed by atoms with Gasteiger partial charge < -0.3 is 24.3 Å². The quantitative estimate of drug-likeness (QED) is 0.231. The first kappa shape index (κ1) is 28.9. The predicted octanol–water partition coefficient (Wildman–Crippen LogP) is 5.06. The fourth-order valence-corrected chi connectivity index (χ4v) is 7.11. The lowest BCUT2D eigenvalue weighted by molar-refractivity contribution is -0.122. The van der Waals surface area contributed by atoms with Gasteiger partial charge in [-0.15, -0.1) is 11.3 Å². The number of nitrogens with one attached hydrogen (secondary N) is 1. The molecule has 12 heteroatoms. The highest BCUT2D eigenvalue weighted by molar-refractivity contribution is 8.26. The Morgan fingerprint density at radius 1 is 1.10 bits per heavy atom. The molecule has 1 aliphatic heterocycles. The molecule has 0 radical (unpaired) electrons. The third kappa shape index (κ3) is 6.23. The lowest BCUT2D eigenvalue weighted by Crippen LogP contribution is -2.31. The second-order valence-electron chi connectivity index (χ2n) is 8.73. The monoisotopic (exact) mass is 590 g/mol. The Morgan fingerprint density at radius 3 is 2.44 bits per heavy atom. The van der Waals surface area contributed by atoms with E-state index in [2.05, 4.69) is 5.32 Å². The van der Waals surface area contributed by atoms with Crippen molar-refractivity contribution < 1.29 is 33.3 Å². The van der Waals surface area contributed by atoms with E-state index in [0.717, 1.165) is 47.9 Å². The molecule has 2 aliphatic rings. The molecule has 1 aromatic heterocycles. The molecule has 9 nitrogen and oxygen atoms in total. The molecular formula is C27H30N2O7S3. The molecule has 1 aliphatic carbocycles. The Morgan fingerprint density at radius 2 is 1.79 bits per heavy atom. The number of aryl methyl sites for hydroxylation is 1. The Balaban J connectivity index is 1.45. The summed E-state index contributed by atoms with van der Waals surface area (Å²) in [4.78, 5) is 41.7. The number of anilines is 1. The van der Waals surface area contributed by atoms with Crippen LogP contribution in [0.3, 0.4) is 0 Å². The van der Waals surface area contributed by atoms with Gasteiger partial charge in [0, 0.05) is 17.8 Å². The molecule has 2 heterocycles. The first-order chi connectivity index (χ1) is 18.8. The number of fused-ring (bicyclic) bond motifs is 1. The zero-order chi connectivity index (χ0) is 28.1. The van der Waals surface area contributed by atoms with Crippen molar-refractivity contribution in [2.45, 2.75) is 39.0 Å². The summed E-state index contributed by atoms with van der Waals surface area (Å²) in [6, 6.07) is 3.48. The molecule has 0 bridgehead atoms. The fraction of sp³-hybridized carbons (Fsp3) is 0.407. The second-order valence-corrected chi connectivity index (χ2v) is 11.5. The van der Waals surface area contributed by atoms with Crippen molar-refractivity contribution >= 4 is 68.5 Å². The summed E-state index contributed by atoms with van der Waals surface area (Å²) in [6.45, 7) is 2.13. The first-order valence-electron chi connectivity index (χ1n) is 12.5. The number of ether oxygens (including phenoxy) is 4. The maximum atomic E-state index is 13.1. The largest absolute Gasteiger partial charge is 0.493 e. The van der Waals surface area contributed by atoms with Crippen LogP contribution in [0.25, 0.3) is 6.08 Å². The van der Waals surface area contributed by atoms with Gasteiger partial charge in [0.1, 0.15) is 9.32 Å². The molecule has 2 aromatic rings. The van der Waals surface area contributed by atoms with Gasteiger partial charge in [0.15, 0.2) is 11.5 Å². The molecular weight excluding hydrogens is 561 g/mol. The predicted molar refractivity (Wildman–Crippen MR) is 156 cm³/mol. The number of hydrogen-bond acceptors (Lipinski definition) is 10. The van der Waals surface area contributed by atoms with Gasteiger partial charge in [0.05, 0.1) is 38.4 Å². The average molecular weight is 591 g/mol. The van der Waals surface area contributed by atoms with Gasteiger partial charge in [-0.25, -0.2) is 4.79 Å². The van der Waals surface area contributed by atoms with Crippen LogP contribution in [0.5, 0.6) is 17.2 Å². The van der Waals surface area contributed by atoms with E-state index in [4.69, 9.17) is 31.2 Å². The van der Waals surface area contributed by atoms with Crippen LogP contribution in [0.2, 0.25) is 0 Å². The summed E-state index contributed by atoms with van der Waals surface area (Å²) in [5, 5.41) is 3.40. The molecule has 1 saturated heterocycles. The molecule has 39 heavy (non-hydrogen) atoms. The van der Waals surface area contributed by atoms with E-state index in [1.807, 2.05) is 0 Å². The molecule has 0 saturated carbocycles. The van der Waals surface area contributed by atoms with E-state index in [1.54, 1.807) is 25.1 Å². The van der Waals surface area contributed by atoms with Crippen molar-refractivity contribution in [2.75, 3.05) is 39.8 Å². The number of hydrogen-bond donors (Lipinski definition) is 1. The number of benzene rings is 1. The van der Waals surface area contributed by atoms with Gasteiger partial charge in [0.25, 0.3) is 5.91 Å². The second kappa shape index (κ2) is 12.8. The minimum Gasteiger partial charge on any atom is -0.493 e. The Bertz CT molecular complexity index is 1310. The van der Waals surface area contributed by atoms with E-state index in [-0.39, 0.29) is 31.4 Å². The average Bonchev–Trinajstić information content (AvgIpc) is 3.42. The van der Waals surface area contributed by atoms with Gasteiger partial charge in [-0.05, 0) is 61.9 Å². The number of esters is 1. The van der Waals surface area contributed by atoms with Crippen molar-refractivity contribution in [3.05, 3.63) is 38.6 Å². The maximum Gasteiger partial charge on any atom is 0.341 e. The maximum absolute atomic E-state index is 13.1. The zero-order valence-corrected chi connectivity index (χ0v) is 24.7. The molecule has 2 amide bonds. The first-order valence-corrected chi connectivity index (χ1v) is 14.5. The number of rotatable bonds is 10.